The van der Waals surface area contributed by atoms with E-state index < -0.39 is 13.0 Å². The molecule has 0 fully saturated rings. The van der Waals surface area contributed by atoms with Crippen molar-refractivity contribution in [1.29, 1.82) is 0 Å². The van der Waals surface area contributed by atoms with Gasteiger partial charge < -0.3 is 4.74 Å². The molecule has 0 N–H and O–H groups in total. The molecular weight excluding hydrogens is 428 g/mol. The second kappa shape index (κ2) is 7.87. The number of ether oxygens (including phenoxy) is 1. The van der Waals surface area contributed by atoms with E-state index in [0.717, 1.165) is 16.9 Å². The second-order valence-corrected chi connectivity index (χ2v) is 14.0. The molecule has 142 valence electrons. The molecule has 0 unspecified atom stereocenters. The first kappa shape index (κ1) is 19.7. The van der Waals surface area contributed by atoms with Crippen molar-refractivity contribution >= 4 is 40.6 Å². The molecule has 0 aliphatic rings. The van der Waals surface area contributed by atoms with Crippen molar-refractivity contribution in [3.63, 3.8) is 0 Å². The fraction of sp³-hybridized carbons (Fsp3) is 0.333. The third kappa shape index (κ3) is 4.60. The van der Waals surface area contributed by atoms with Crippen LogP contribution in [0, 0.1) is 10.1 Å². The highest BCUT2D eigenvalue weighted by Gasteiger charge is 2.20. The van der Waals surface area contributed by atoms with Crippen LogP contribution in [0.5, 0.6) is 0 Å². The SMILES string of the molecule is C[Si](C)(C)CCOCn1ncc2c(-c3ncc(Br)cc3[N+](=O)[O-])cccc21. The van der Waals surface area contributed by atoms with Crippen LogP contribution in [0.25, 0.3) is 22.2 Å². The second-order valence-electron chi connectivity index (χ2n) is 7.51. The smallest absolute Gasteiger partial charge is 0.296 e. The normalized spacial score (nSPS) is 11.9. The van der Waals surface area contributed by atoms with Gasteiger partial charge in [0.15, 0.2) is 0 Å². The summed E-state index contributed by atoms with van der Waals surface area (Å²) in [7, 11) is -1.14. The molecule has 7 nitrogen and oxygen atoms in total. The van der Waals surface area contributed by atoms with Crippen LogP contribution in [0.3, 0.4) is 0 Å². The summed E-state index contributed by atoms with van der Waals surface area (Å²) in [5.41, 5.74) is 1.82. The predicted molar refractivity (Wildman–Crippen MR) is 111 cm³/mol. The monoisotopic (exact) mass is 448 g/mol. The molecule has 0 amide bonds. The van der Waals surface area contributed by atoms with Crippen LogP contribution < -0.4 is 0 Å². The topological polar surface area (TPSA) is 83.1 Å². The standard InChI is InChI=1S/C18H21BrN4O3Si/c1-27(2,3)8-7-26-12-22-16-6-4-5-14(15(16)11-21-22)18-17(23(24)25)9-13(19)10-20-18/h4-6,9-11H,7-8,12H2,1-3H3. The first-order valence-corrected chi connectivity index (χ1v) is 13.1. The number of aromatic nitrogens is 3. The maximum Gasteiger partial charge on any atom is 0.296 e. The minimum Gasteiger partial charge on any atom is -0.360 e. The molecule has 1 aromatic carbocycles. The summed E-state index contributed by atoms with van der Waals surface area (Å²) >= 11 is 3.24. The van der Waals surface area contributed by atoms with E-state index in [2.05, 4.69) is 45.7 Å². The predicted octanol–water partition coefficient (Wildman–Crippen LogP) is 5.08. The highest BCUT2D eigenvalue weighted by Crippen LogP contribution is 2.34. The number of nitro groups is 1. The molecule has 0 atom stereocenters. The first-order chi connectivity index (χ1) is 12.8. The van der Waals surface area contributed by atoms with Crippen molar-refractivity contribution in [2.45, 2.75) is 32.4 Å². The zero-order chi connectivity index (χ0) is 19.6. The van der Waals surface area contributed by atoms with E-state index in [0.29, 0.717) is 29.1 Å². The minimum atomic E-state index is -1.14. The highest BCUT2D eigenvalue weighted by molar-refractivity contribution is 9.10. The number of nitrogens with zero attached hydrogens (tertiary/aromatic N) is 4. The lowest BCUT2D eigenvalue weighted by Crippen LogP contribution is -2.22. The summed E-state index contributed by atoms with van der Waals surface area (Å²) in [6.07, 6.45) is 3.27. The summed E-state index contributed by atoms with van der Waals surface area (Å²) in [4.78, 5) is 15.3. The molecule has 9 heteroatoms. The summed E-state index contributed by atoms with van der Waals surface area (Å²) in [6, 6.07) is 8.16. The largest absolute Gasteiger partial charge is 0.360 e. The lowest BCUT2D eigenvalue weighted by atomic mass is 10.1. The summed E-state index contributed by atoms with van der Waals surface area (Å²) < 4.78 is 8.13. The Morgan fingerprint density at radius 2 is 2.07 bits per heavy atom. The lowest BCUT2D eigenvalue weighted by Gasteiger charge is -2.15. The van der Waals surface area contributed by atoms with Crippen molar-refractivity contribution in [2.24, 2.45) is 0 Å². The molecular formula is C18H21BrN4O3Si. The number of hydrogen-bond acceptors (Lipinski definition) is 5. The Balaban J connectivity index is 1.92. The van der Waals surface area contributed by atoms with Gasteiger partial charge in [0.1, 0.15) is 12.4 Å². The van der Waals surface area contributed by atoms with Crippen LogP contribution in [0.4, 0.5) is 5.69 Å². The Labute approximate surface area is 166 Å². The van der Waals surface area contributed by atoms with Gasteiger partial charge in [0, 0.05) is 42.4 Å². The third-order valence-corrected chi connectivity index (χ3v) is 6.32. The number of fused-ring (bicyclic) bond motifs is 1. The molecule has 0 spiro atoms. The van der Waals surface area contributed by atoms with Gasteiger partial charge in [-0.1, -0.05) is 31.8 Å². The molecule has 0 saturated heterocycles. The van der Waals surface area contributed by atoms with E-state index in [1.165, 1.54) is 6.07 Å². The molecule has 0 bridgehead atoms. The molecule has 3 rings (SSSR count). The maximum absolute atomic E-state index is 11.5. The maximum atomic E-state index is 11.5. The molecule has 27 heavy (non-hydrogen) atoms. The van der Waals surface area contributed by atoms with Crippen LogP contribution in [0.1, 0.15) is 0 Å². The number of rotatable bonds is 7. The molecule has 0 aliphatic carbocycles. The van der Waals surface area contributed by atoms with Crippen molar-refractivity contribution in [2.75, 3.05) is 6.61 Å². The van der Waals surface area contributed by atoms with Gasteiger partial charge in [-0.05, 0) is 28.0 Å². The minimum absolute atomic E-state index is 0.0454. The van der Waals surface area contributed by atoms with Gasteiger partial charge in [-0.2, -0.15) is 5.10 Å². The first-order valence-electron chi connectivity index (χ1n) is 8.59. The fourth-order valence-electron chi connectivity index (χ4n) is 2.72. The average molecular weight is 449 g/mol. The van der Waals surface area contributed by atoms with E-state index in [-0.39, 0.29) is 5.69 Å². The number of benzene rings is 1. The summed E-state index contributed by atoms with van der Waals surface area (Å²) in [5, 5.41) is 16.7. The average Bonchev–Trinajstić information content (AvgIpc) is 3.01. The summed E-state index contributed by atoms with van der Waals surface area (Å²) in [6.45, 7) is 7.99. The Hall–Kier alpha value is -2.10. The molecule has 0 saturated carbocycles. The van der Waals surface area contributed by atoms with Gasteiger partial charge in [-0.3, -0.25) is 10.1 Å². The molecule has 2 aromatic heterocycles. The fourth-order valence-corrected chi connectivity index (χ4v) is 3.79. The van der Waals surface area contributed by atoms with Gasteiger partial charge in [0.2, 0.25) is 0 Å². The summed E-state index contributed by atoms with van der Waals surface area (Å²) in [5.74, 6) is 0. The number of hydrogen-bond donors (Lipinski definition) is 0. The van der Waals surface area contributed by atoms with Crippen molar-refractivity contribution < 1.29 is 9.66 Å². The molecule has 2 heterocycles. The van der Waals surface area contributed by atoms with Gasteiger partial charge in [-0.15, -0.1) is 0 Å². The van der Waals surface area contributed by atoms with Crippen LogP contribution in [0.2, 0.25) is 25.7 Å². The van der Waals surface area contributed by atoms with Crippen LogP contribution in [0.15, 0.2) is 41.1 Å². The van der Waals surface area contributed by atoms with Gasteiger partial charge in [0.25, 0.3) is 5.69 Å². The van der Waals surface area contributed by atoms with Gasteiger partial charge in [-0.25, -0.2) is 9.67 Å². The Bertz CT molecular complexity index is 984. The molecule has 3 aromatic rings. The quantitative estimate of drug-likeness (QED) is 0.217. The van der Waals surface area contributed by atoms with Crippen molar-refractivity contribution in [1.82, 2.24) is 14.8 Å². The van der Waals surface area contributed by atoms with Gasteiger partial charge in [0.05, 0.1) is 16.6 Å². The third-order valence-electron chi connectivity index (χ3n) is 4.18. The van der Waals surface area contributed by atoms with Crippen LogP contribution >= 0.6 is 15.9 Å². The Morgan fingerprint density at radius 3 is 2.78 bits per heavy atom. The molecule has 0 aliphatic heterocycles. The van der Waals surface area contributed by atoms with E-state index in [1.807, 2.05) is 18.2 Å². The Kier molecular flexibility index (Phi) is 5.73. The van der Waals surface area contributed by atoms with Crippen LogP contribution in [-0.4, -0.2) is 34.4 Å². The Morgan fingerprint density at radius 1 is 1.30 bits per heavy atom. The van der Waals surface area contributed by atoms with E-state index in [1.54, 1.807) is 17.1 Å². The highest BCUT2D eigenvalue weighted by atomic mass is 79.9. The zero-order valence-corrected chi connectivity index (χ0v) is 18.1. The van der Waals surface area contributed by atoms with E-state index >= 15 is 0 Å². The lowest BCUT2D eigenvalue weighted by molar-refractivity contribution is -0.384. The van der Waals surface area contributed by atoms with E-state index in [4.69, 9.17) is 4.74 Å². The van der Waals surface area contributed by atoms with Crippen LogP contribution in [-0.2, 0) is 11.5 Å². The van der Waals surface area contributed by atoms with Crippen molar-refractivity contribution in [3.8, 4) is 11.3 Å². The van der Waals surface area contributed by atoms with Crippen molar-refractivity contribution in [3.05, 3.63) is 51.2 Å². The zero-order valence-electron chi connectivity index (χ0n) is 15.5. The van der Waals surface area contributed by atoms with Gasteiger partial charge >= 0.3 is 0 Å². The molecule has 0 radical (unpaired) electrons. The number of halogens is 1. The van der Waals surface area contributed by atoms with E-state index in [9.17, 15) is 10.1 Å². The number of pyridine rings is 1.